The molecular weight excluding hydrogens is 230 g/mol. The molecule has 0 fully saturated rings. The van der Waals surface area contributed by atoms with E-state index in [-0.39, 0.29) is 5.92 Å². The smallest absolute Gasteiger partial charge is 0.313 e. The molecule has 0 aliphatic carbocycles. The van der Waals surface area contributed by atoms with Crippen molar-refractivity contribution >= 4 is 17.5 Å². The van der Waals surface area contributed by atoms with Crippen LogP contribution in [0.2, 0.25) is 0 Å². The maximum absolute atomic E-state index is 11.5. The van der Waals surface area contributed by atoms with E-state index in [1.807, 2.05) is 19.9 Å². The van der Waals surface area contributed by atoms with Gasteiger partial charge in [0.2, 0.25) is 0 Å². The molecule has 18 heavy (non-hydrogen) atoms. The maximum Gasteiger partial charge on any atom is 0.313 e. The monoisotopic (exact) mass is 245 g/mol. The number of benzene rings is 1. The van der Waals surface area contributed by atoms with Gasteiger partial charge in [-0.25, -0.2) is 0 Å². The topological polar surface area (TPSA) is 82.0 Å². The van der Waals surface area contributed by atoms with E-state index < -0.39 is 11.8 Å². The van der Waals surface area contributed by atoms with Gasteiger partial charge in [-0.1, -0.05) is 13.8 Å². The summed E-state index contributed by atoms with van der Waals surface area (Å²) in [7, 11) is 0. The lowest BCUT2D eigenvalue weighted by Gasteiger charge is -2.08. The molecule has 0 saturated carbocycles. The maximum atomic E-state index is 11.5. The van der Waals surface area contributed by atoms with E-state index in [1.54, 1.807) is 24.3 Å². The summed E-state index contributed by atoms with van der Waals surface area (Å²) in [5.74, 6) is -1.08. The van der Waals surface area contributed by atoms with Crippen LogP contribution < -0.4 is 10.6 Å². The summed E-state index contributed by atoms with van der Waals surface area (Å²) in [5, 5.41) is 13.6. The molecule has 0 bridgehead atoms. The molecular formula is C13H15N3O2. The van der Waals surface area contributed by atoms with Gasteiger partial charge in [0.1, 0.15) is 0 Å². The minimum Gasteiger partial charge on any atom is -0.348 e. The van der Waals surface area contributed by atoms with Crippen LogP contribution in [0.15, 0.2) is 24.3 Å². The van der Waals surface area contributed by atoms with Gasteiger partial charge < -0.3 is 10.6 Å². The molecule has 5 nitrogen and oxygen atoms in total. The second-order valence-electron chi connectivity index (χ2n) is 4.25. The third-order valence-electron chi connectivity index (χ3n) is 2.15. The Morgan fingerprint density at radius 1 is 1.22 bits per heavy atom. The van der Waals surface area contributed by atoms with Crippen LogP contribution in [0.25, 0.3) is 0 Å². The predicted octanol–water partition coefficient (Wildman–Crippen LogP) is 1.27. The Bertz CT molecular complexity index is 472. The quantitative estimate of drug-likeness (QED) is 0.787. The number of anilines is 1. The van der Waals surface area contributed by atoms with Crippen LogP contribution in [0.4, 0.5) is 5.69 Å². The van der Waals surface area contributed by atoms with E-state index in [1.165, 1.54) is 0 Å². The summed E-state index contributed by atoms with van der Waals surface area (Å²) >= 11 is 0. The van der Waals surface area contributed by atoms with E-state index >= 15 is 0 Å². The van der Waals surface area contributed by atoms with Gasteiger partial charge in [-0.15, -0.1) is 0 Å². The number of rotatable bonds is 3. The summed E-state index contributed by atoms with van der Waals surface area (Å²) in [6.07, 6.45) is 0. The largest absolute Gasteiger partial charge is 0.348 e. The molecule has 5 heteroatoms. The van der Waals surface area contributed by atoms with Gasteiger partial charge in [0.15, 0.2) is 0 Å². The van der Waals surface area contributed by atoms with Gasteiger partial charge in [-0.2, -0.15) is 5.26 Å². The van der Waals surface area contributed by atoms with Gasteiger partial charge >= 0.3 is 11.8 Å². The summed E-state index contributed by atoms with van der Waals surface area (Å²) in [6.45, 7) is 4.34. The van der Waals surface area contributed by atoms with Crippen molar-refractivity contribution in [3.05, 3.63) is 29.8 Å². The molecule has 1 rings (SSSR count). The van der Waals surface area contributed by atoms with Crippen molar-refractivity contribution in [3.8, 4) is 6.07 Å². The van der Waals surface area contributed by atoms with E-state index in [9.17, 15) is 9.59 Å². The van der Waals surface area contributed by atoms with Crippen LogP contribution in [0, 0.1) is 17.2 Å². The highest BCUT2D eigenvalue weighted by atomic mass is 16.2. The molecule has 94 valence electrons. The van der Waals surface area contributed by atoms with Crippen LogP contribution in [-0.2, 0) is 9.59 Å². The number of nitrogens with zero attached hydrogens (tertiary/aromatic N) is 1. The molecule has 0 heterocycles. The van der Waals surface area contributed by atoms with Crippen LogP contribution in [0.5, 0.6) is 0 Å². The lowest BCUT2D eigenvalue weighted by molar-refractivity contribution is -0.136. The van der Waals surface area contributed by atoms with Gasteiger partial charge in [-0.05, 0) is 30.2 Å². The van der Waals surface area contributed by atoms with Crippen LogP contribution in [0.1, 0.15) is 19.4 Å². The summed E-state index contributed by atoms with van der Waals surface area (Å²) < 4.78 is 0. The highest BCUT2D eigenvalue weighted by molar-refractivity contribution is 6.39. The number of amides is 2. The first-order chi connectivity index (χ1) is 8.52. The van der Waals surface area contributed by atoms with Gasteiger partial charge in [0, 0.05) is 12.2 Å². The number of hydrogen-bond acceptors (Lipinski definition) is 3. The number of hydrogen-bond donors (Lipinski definition) is 2. The Kier molecular flexibility index (Phi) is 4.88. The first-order valence-electron chi connectivity index (χ1n) is 5.62. The summed E-state index contributed by atoms with van der Waals surface area (Å²) in [4.78, 5) is 22.9. The Labute approximate surface area is 106 Å². The molecule has 0 unspecified atom stereocenters. The molecule has 0 radical (unpaired) electrons. The Morgan fingerprint density at radius 3 is 2.33 bits per heavy atom. The van der Waals surface area contributed by atoms with Crippen LogP contribution in [0.3, 0.4) is 0 Å². The number of nitriles is 1. The molecule has 0 atom stereocenters. The van der Waals surface area contributed by atoms with Crippen molar-refractivity contribution in [2.24, 2.45) is 5.92 Å². The Morgan fingerprint density at radius 2 is 1.83 bits per heavy atom. The molecule has 0 aliphatic rings. The van der Waals surface area contributed by atoms with Crippen molar-refractivity contribution < 1.29 is 9.59 Å². The number of carbonyl (C=O) groups is 2. The normalized spacial score (nSPS) is 9.67. The second-order valence-corrected chi connectivity index (χ2v) is 4.25. The zero-order valence-electron chi connectivity index (χ0n) is 10.4. The van der Waals surface area contributed by atoms with Crippen LogP contribution in [-0.4, -0.2) is 18.4 Å². The van der Waals surface area contributed by atoms with Gasteiger partial charge in [0.25, 0.3) is 0 Å². The summed E-state index contributed by atoms with van der Waals surface area (Å²) in [5.41, 5.74) is 0.982. The van der Waals surface area contributed by atoms with E-state index in [4.69, 9.17) is 5.26 Å². The highest BCUT2D eigenvalue weighted by Crippen LogP contribution is 2.08. The highest BCUT2D eigenvalue weighted by Gasteiger charge is 2.13. The van der Waals surface area contributed by atoms with Crippen molar-refractivity contribution in [2.45, 2.75) is 13.8 Å². The molecule has 0 aromatic heterocycles. The predicted molar refractivity (Wildman–Crippen MR) is 67.6 cm³/mol. The Hall–Kier alpha value is -2.35. The fourth-order valence-corrected chi connectivity index (χ4v) is 1.19. The lowest BCUT2D eigenvalue weighted by atomic mass is 10.2. The molecule has 1 aromatic rings. The van der Waals surface area contributed by atoms with Gasteiger partial charge in [0.05, 0.1) is 11.6 Å². The molecule has 2 N–H and O–H groups in total. The van der Waals surface area contributed by atoms with E-state index in [0.29, 0.717) is 17.8 Å². The standard InChI is InChI=1S/C13H15N3O2/c1-9(2)8-15-12(17)13(18)16-11-5-3-10(7-14)4-6-11/h3-6,9H,8H2,1-2H3,(H,15,17)(H,16,18). The lowest BCUT2D eigenvalue weighted by Crippen LogP contribution is -2.37. The fraction of sp³-hybridized carbons (Fsp3) is 0.308. The minimum atomic E-state index is -0.708. The first-order valence-corrected chi connectivity index (χ1v) is 5.62. The van der Waals surface area contributed by atoms with Crippen LogP contribution >= 0.6 is 0 Å². The minimum absolute atomic E-state index is 0.289. The Balaban J connectivity index is 2.53. The number of carbonyl (C=O) groups excluding carboxylic acids is 2. The van der Waals surface area contributed by atoms with Crippen molar-refractivity contribution in [2.75, 3.05) is 11.9 Å². The molecule has 1 aromatic carbocycles. The van der Waals surface area contributed by atoms with Crippen molar-refractivity contribution in [3.63, 3.8) is 0 Å². The molecule has 0 aliphatic heterocycles. The zero-order chi connectivity index (χ0) is 13.5. The van der Waals surface area contributed by atoms with Gasteiger partial charge in [-0.3, -0.25) is 9.59 Å². The van der Waals surface area contributed by atoms with E-state index in [2.05, 4.69) is 10.6 Å². The summed E-state index contributed by atoms with van der Waals surface area (Å²) in [6, 6.07) is 8.26. The zero-order valence-corrected chi connectivity index (χ0v) is 10.4. The molecule has 0 saturated heterocycles. The number of nitrogens with one attached hydrogen (secondary N) is 2. The van der Waals surface area contributed by atoms with Crippen molar-refractivity contribution in [1.29, 1.82) is 5.26 Å². The molecule has 0 spiro atoms. The fourth-order valence-electron chi connectivity index (χ4n) is 1.19. The third kappa shape index (κ3) is 4.26. The SMILES string of the molecule is CC(C)CNC(=O)C(=O)Nc1ccc(C#N)cc1. The third-order valence-corrected chi connectivity index (χ3v) is 2.15. The van der Waals surface area contributed by atoms with E-state index in [0.717, 1.165) is 0 Å². The molecule has 2 amide bonds. The first kappa shape index (κ1) is 13.7. The van der Waals surface area contributed by atoms with Crippen molar-refractivity contribution in [1.82, 2.24) is 5.32 Å². The average Bonchev–Trinajstić information content (AvgIpc) is 2.36. The second kappa shape index (κ2) is 6.40. The average molecular weight is 245 g/mol.